The van der Waals surface area contributed by atoms with E-state index in [1.165, 1.54) is 12.1 Å². The minimum Gasteiger partial charge on any atom is -0.396 e. The molecule has 0 aliphatic rings. The van der Waals surface area contributed by atoms with E-state index in [1.807, 2.05) is 13.8 Å². The Kier molecular flexibility index (Phi) is 4.65. The van der Waals surface area contributed by atoms with Crippen LogP contribution in [0.25, 0.3) is 0 Å². The summed E-state index contributed by atoms with van der Waals surface area (Å²) in [6.45, 7) is 3.48. The van der Waals surface area contributed by atoms with Crippen LogP contribution in [0.4, 0.5) is 10.1 Å². The summed E-state index contributed by atoms with van der Waals surface area (Å²) in [5.41, 5.74) is 5.40. The van der Waals surface area contributed by atoms with E-state index in [0.717, 1.165) is 6.07 Å². The minimum atomic E-state index is -0.658. The standard InChI is InChI=1S/C12H16FN3O2/c1-7(2)16-11(17)6-15-12(18)8-3-4-10(14)9(13)5-8/h3-5,7H,6,14H2,1-2H3,(H,15,18)(H,16,17). The molecule has 4 N–H and O–H groups in total. The van der Waals surface area contributed by atoms with Gasteiger partial charge in [0.15, 0.2) is 0 Å². The average Bonchev–Trinajstić information content (AvgIpc) is 2.28. The first kappa shape index (κ1) is 14.0. The molecule has 2 amide bonds. The molecule has 6 heteroatoms. The van der Waals surface area contributed by atoms with Gasteiger partial charge in [0, 0.05) is 11.6 Å². The number of benzene rings is 1. The van der Waals surface area contributed by atoms with Gasteiger partial charge in [0.2, 0.25) is 5.91 Å². The molecule has 98 valence electrons. The van der Waals surface area contributed by atoms with Crippen molar-refractivity contribution in [1.82, 2.24) is 10.6 Å². The largest absolute Gasteiger partial charge is 0.396 e. The second-order valence-corrected chi connectivity index (χ2v) is 4.14. The SMILES string of the molecule is CC(C)NC(=O)CNC(=O)c1ccc(N)c(F)c1. The van der Waals surface area contributed by atoms with Gasteiger partial charge in [0.05, 0.1) is 12.2 Å². The molecule has 0 aromatic heterocycles. The van der Waals surface area contributed by atoms with Crippen molar-refractivity contribution >= 4 is 17.5 Å². The van der Waals surface area contributed by atoms with Gasteiger partial charge in [-0.2, -0.15) is 0 Å². The molecular weight excluding hydrogens is 237 g/mol. The Balaban J connectivity index is 2.55. The van der Waals surface area contributed by atoms with Crippen LogP contribution in [0.1, 0.15) is 24.2 Å². The number of hydrogen-bond acceptors (Lipinski definition) is 3. The average molecular weight is 253 g/mol. The Morgan fingerprint density at radius 2 is 2.06 bits per heavy atom. The highest BCUT2D eigenvalue weighted by molar-refractivity contribution is 5.96. The van der Waals surface area contributed by atoms with Gasteiger partial charge in [-0.3, -0.25) is 9.59 Å². The number of halogens is 1. The van der Waals surface area contributed by atoms with E-state index in [0.29, 0.717) is 0 Å². The Bertz CT molecular complexity index is 461. The summed E-state index contributed by atoms with van der Waals surface area (Å²) in [6.07, 6.45) is 0. The van der Waals surface area contributed by atoms with Crippen molar-refractivity contribution in [3.05, 3.63) is 29.6 Å². The highest BCUT2D eigenvalue weighted by atomic mass is 19.1. The van der Waals surface area contributed by atoms with Crippen LogP contribution in [0.2, 0.25) is 0 Å². The van der Waals surface area contributed by atoms with Crippen LogP contribution in [0.5, 0.6) is 0 Å². The highest BCUT2D eigenvalue weighted by Crippen LogP contribution is 2.11. The molecule has 0 aliphatic heterocycles. The predicted octanol–water partition coefficient (Wildman–Crippen LogP) is 0.662. The molecule has 0 heterocycles. The van der Waals surface area contributed by atoms with E-state index >= 15 is 0 Å². The Morgan fingerprint density at radius 3 is 2.61 bits per heavy atom. The van der Waals surface area contributed by atoms with Crippen LogP contribution in [-0.2, 0) is 4.79 Å². The van der Waals surface area contributed by atoms with Gasteiger partial charge in [-0.05, 0) is 32.0 Å². The minimum absolute atomic E-state index is 0.00312. The number of carbonyl (C=O) groups is 2. The lowest BCUT2D eigenvalue weighted by atomic mass is 10.2. The molecule has 0 aliphatic carbocycles. The van der Waals surface area contributed by atoms with Gasteiger partial charge < -0.3 is 16.4 Å². The molecule has 0 bridgehead atoms. The lowest BCUT2D eigenvalue weighted by Crippen LogP contribution is -2.39. The third-order valence-corrected chi connectivity index (χ3v) is 2.12. The second kappa shape index (κ2) is 6.00. The molecule has 0 unspecified atom stereocenters. The molecule has 1 aromatic carbocycles. The number of amides is 2. The second-order valence-electron chi connectivity index (χ2n) is 4.14. The Hall–Kier alpha value is -2.11. The zero-order valence-electron chi connectivity index (χ0n) is 10.3. The molecule has 18 heavy (non-hydrogen) atoms. The van der Waals surface area contributed by atoms with Gasteiger partial charge >= 0.3 is 0 Å². The number of nitrogens with one attached hydrogen (secondary N) is 2. The van der Waals surface area contributed by atoms with E-state index in [-0.39, 0.29) is 29.7 Å². The molecule has 1 rings (SSSR count). The van der Waals surface area contributed by atoms with Crippen molar-refractivity contribution in [2.24, 2.45) is 0 Å². The Morgan fingerprint density at radius 1 is 1.39 bits per heavy atom. The normalized spacial score (nSPS) is 10.2. The monoisotopic (exact) mass is 253 g/mol. The van der Waals surface area contributed by atoms with Gasteiger partial charge in [-0.25, -0.2) is 4.39 Å². The van der Waals surface area contributed by atoms with Crippen LogP contribution in [-0.4, -0.2) is 24.4 Å². The zero-order chi connectivity index (χ0) is 13.7. The van der Waals surface area contributed by atoms with Gasteiger partial charge in [0.1, 0.15) is 5.82 Å². The fourth-order valence-electron chi connectivity index (χ4n) is 1.30. The van der Waals surface area contributed by atoms with Crippen molar-refractivity contribution in [2.45, 2.75) is 19.9 Å². The summed E-state index contributed by atoms with van der Waals surface area (Å²) in [5, 5.41) is 5.01. The van der Waals surface area contributed by atoms with E-state index in [1.54, 1.807) is 0 Å². The summed E-state index contributed by atoms with van der Waals surface area (Å²) >= 11 is 0. The molecule has 0 fully saturated rings. The van der Waals surface area contributed by atoms with Crippen molar-refractivity contribution in [1.29, 1.82) is 0 Å². The van der Waals surface area contributed by atoms with E-state index in [4.69, 9.17) is 5.73 Å². The molecule has 0 saturated carbocycles. The predicted molar refractivity (Wildman–Crippen MR) is 66.4 cm³/mol. The van der Waals surface area contributed by atoms with Crippen molar-refractivity contribution in [3.8, 4) is 0 Å². The summed E-state index contributed by atoms with van der Waals surface area (Å²) in [7, 11) is 0. The smallest absolute Gasteiger partial charge is 0.251 e. The summed E-state index contributed by atoms with van der Waals surface area (Å²) < 4.78 is 13.1. The van der Waals surface area contributed by atoms with Crippen LogP contribution in [0.3, 0.4) is 0 Å². The molecular formula is C12H16FN3O2. The molecule has 0 saturated heterocycles. The van der Waals surface area contributed by atoms with Crippen LogP contribution >= 0.6 is 0 Å². The molecule has 0 radical (unpaired) electrons. The number of carbonyl (C=O) groups excluding carboxylic acids is 2. The number of nitrogens with two attached hydrogens (primary N) is 1. The van der Waals surface area contributed by atoms with Gasteiger partial charge in [-0.15, -0.1) is 0 Å². The number of anilines is 1. The zero-order valence-corrected chi connectivity index (χ0v) is 10.3. The third-order valence-electron chi connectivity index (χ3n) is 2.12. The van der Waals surface area contributed by atoms with Crippen molar-refractivity contribution in [2.75, 3.05) is 12.3 Å². The Labute approximate surface area is 105 Å². The molecule has 1 aromatic rings. The fourth-order valence-corrected chi connectivity index (χ4v) is 1.30. The number of nitrogen functional groups attached to an aromatic ring is 1. The van der Waals surface area contributed by atoms with E-state index in [9.17, 15) is 14.0 Å². The lowest BCUT2D eigenvalue weighted by Gasteiger charge is -2.09. The lowest BCUT2D eigenvalue weighted by molar-refractivity contribution is -0.120. The summed E-state index contributed by atoms with van der Waals surface area (Å²) in [4.78, 5) is 22.9. The molecule has 0 spiro atoms. The maximum atomic E-state index is 13.1. The highest BCUT2D eigenvalue weighted by Gasteiger charge is 2.10. The van der Waals surface area contributed by atoms with Crippen molar-refractivity contribution < 1.29 is 14.0 Å². The quantitative estimate of drug-likeness (QED) is 0.689. The van der Waals surface area contributed by atoms with E-state index in [2.05, 4.69) is 10.6 Å². The van der Waals surface area contributed by atoms with Gasteiger partial charge in [0.25, 0.3) is 5.91 Å². The first-order chi connectivity index (χ1) is 8.40. The first-order valence-electron chi connectivity index (χ1n) is 5.52. The van der Waals surface area contributed by atoms with Crippen LogP contribution < -0.4 is 16.4 Å². The summed E-state index contributed by atoms with van der Waals surface area (Å²) in [6, 6.07) is 3.74. The number of rotatable bonds is 4. The van der Waals surface area contributed by atoms with Gasteiger partial charge in [-0.1, -0.05) is 0 Å². The summed E-state index contributed by atoms with van der Waals surface area (Å²) in [5.74, 6) is -1.48. The third kappa shape index (κ3) is 4.04. The molecule has 5 nitrogen and oxygen atoms in total. The van der Waals surface area contributed by atoms with Crippen LogP contribution in [0.15, 0.2) is 18.2 Å². The maximum absolute atomic E-state index is 13.1. The van der Waals surface area contributed by atoms with Crippen molar-refractivity contribution in [3.63, 3.8) is 0 Å². The first-order valence-corrected chi connectivity index (χ1v) is 5.52. The van der Waals surface area contributed by atoms with Crippen LogP contribution in [0, 0.1) is 5.82 Å². The van der Waals surface area contributed by atoms with E-state index < -0.39 is 11.7 Å². The number of hydrogen-bond donors (Lipinski definition) is 3. The fraction of sp³-hybridized carbons (Fsp3) is 0.333. The molecule has 0 atom stereocenters. The maximum Gasteiger partial charge on any atom is 0.251 e. The topological polar surface area (TPSA) is 84.2 Å².